The Kier molecular flexibility index (Phi) is 2.09. The molecule has 0 N–H and O–H groups in total. The van der Waals surface area contributed by atoms with Crippen LogP contribution in [0.5, 0.6) is 0 Å². The van der Waals surface area contributed by atoms with E-state index in [1.165, 1.54) is 31.0 Å². The van der Waals surface area contributed by atoms with Crippen molar-refractivity contribution in [1.29, 1.82) is 0 Å². The second-order valence-electron chi connectivity index (χ2n) is 4.10. The van der Waals surface area contributed by atoms with Crippen LogP contribution in [-0.2, 0) is 0 Å². The van der Waals surface area contributed by atoms with Gasteiger partial charge in [-0.15, -0.1) is 8.19 Å². The van der Waals surface area contributed by atoms with Crippen LogP contribution >= 0.6 is 8.19 Å². The summed E-state index contributed by atoms with van der Waals surface area (Å²) in [6.45, 7) is 0. The third kappa shape index (κ3) is 1.33. The summed E-state index contributed by atoms with van der Waals surface area (Å²) in [6.07, 6.45) is 0. The molecular formula is C12H13PSi2. The van der Waals surface area contributed by atoms with Gasteiger partial charge in [0.1, 0.15) is 0 Å². The highest BCUT2D eigenvalue weighted by molar-refractivity contribution is 7.44. The topological polar surface area (TPSA) is 0 Å². The monoisotopic (exact) mass is 244 g/mol. The quantitative estimate of drug-likeness (QED) is 0.489. The molecule has 3 heteroatoms. The second-order valence-corrected chi connectivity index (χ2v) is 7.51. The molecule has 0 bridgehead atoms. The Morgan fingerprint density at radius 2 is 1.67 bits per heavy atom. The van der Waals surface area contributed by atoms with Crippen LogP contribution in [0.25, 0.3) is 21.0 Å². The zero-order valence-corrected chi connectivity index (χ0v) is 14.0. The van der Waals surface area contributed by atoms with Crippen molar-refractivity contribution in [3.05, 3.63) is 36.4 Å². The Balaban J connectivity index is 2.63. The standard InChI is InChI=1S/C12H13PSi2/c14-10-6-5-9-11(12(10)15)7-3-1-2-4-8(7)13-9/h1-6,13H,14-15H3. The number of rotatable bonds is 0. The lowest BCUT2D eigenvalue weighted by atomic mass is 10.1. The van der Waals surface area contributed by atoms with E-state index in [-0.39, 0.29) is 0 Å². The molecule has 1 unspecified atom stereocenters. The smallest absolute Gasteiger partial charge is 0.0391 e. The maximum absolute atomic E-state index is 2.34. The minimum atomic E-state index is 0.881. The van der Waals surface area contributed by atoms with Gasteiger partial charge in [0.2, 0.25) is 0 Å². The highest BCUT2D eigenvalue weighted by Gasteiger charge is 2.06. The predicted octanol–water partition coefficient (Wildman–Crippen LogP) is 0.00570. The first-order valence-electron chi connectivity index (χ1n) is 5.24. The van der Waals surface area contributed by atoms with Crippen LogP contribution in [0.4, 0.5) is 0 Å². The van der Waals surface area contributed by atoms with Gasteiger partial charge in [-0.1, -0.05) is 46.8 Å². The number of benzene rings is 2. The molecule has 0 amide bonds. The molecule has 2 aromatic carbocycles. The second kappa shape index (κ2) is 3.34. The number of fused-ring (bicyclic) bond motifs is 3. The molecule has 0 spiro atoms. The first-order valence-corrected chi connectivity index (χ1v) is 8.24. The maximum Gasteiger partial charge on any atom is 0.0391 e. The van der Waals surface area contributed by atoms with E-state index in [4.69, 9.17) is 0 Å². The molecule has 74 valence electrons. The Hall–Kier alpha value is -0.826. The van der Waals surface area contributed by atoms with Gasteiger partial charge in [0.05, 0.1) is 0 Å². The highest BCUT2D eigenvalue weighted by Crippen LogP contribution is 2.35. The fourth-order valence-corrected chi connectivity index (χ4v) is 5.02. The van der Waals surface area contributed by atoms with Crippen LogP contribution < -0.4 is 10.4 Å². The molecule has 0 nitrogen and oxygen atoms in total. The first kappa shape index (κ1) is 9.40. The Labute approximate surface area is 96.6 Å². The largest absolute Gasteiger partial charge is 0.123 e. The molecule has 3 aromatic rings. The molecular weight excluding hydrogens is 231 g/mol. The maximum atomic E-state index is 2.34. The fraction of sp³-hybridized carbons (Fsp3) is 0. The van der Waals surface area contributed by atoms with Crippen LogP contribution in [0.2, 0.25) is 0 Å². The van der Waals surface area contributed by atoms with Gasteiger partial charge in [-0.05, 0) is 21.0 Å². The summed E-state index contributed by atoms with van der Waals surface area (Å²) in [4.78, 5) is 0. The van der Waals surface area contributed by atoms with Gasteiger partial charge in [-0.3, -0.25) is 0 Å². The van der Waals surface area contributed by atoms with E-state index < -0.39 is 0 Å². The molecule has 0 aliphatic heterocycles. The van der Waals surface area contributed by atoms with Crippen LogP contribution in [-0.4, -0.2) is 20.5 Å². The minimum absolute atomic E-state index is 0.881. The van der Waals surface area contributed by atoms with Crippen molar-refractivity contribution in [2.75, 3.05) is 0 Å². The van der Waals surface area contributed by atoms with Crippen LogP contribution in [0.15, 0.2) is 36.4 Å². The van der Waals surface area contributed by atoms with Gasteiger partial charge >= 0.3 is 0 Å². The molecule has 0 aliphatic rings. The van der Waals surface area contributed by atoms with Gasteiger partial charge in [-0.2, -0.15) is 0 Å². The lowest BCUT2D eigenvalue weighted by molar-refractivity contribution is 1.87. The van der Waals surface area contributed by atoms with E-state index in [1.807, 2.05) is 0 Å². The molecule has 3 rings (SSSR count). The SMILES string of the molecule is [SiH3]c1ccc2[pH]c3ccccc3c2c1[SiH3]. The lowest BCUT2D eigenvalue weighted by Crippen LogP contribution is -2.25. The molecule has 1 heterocycles. The van der Waals surface area contributed by atoms with Crippen molar-refractivity contribution in [2.45, 2.75) is 0 Å². The average molecular weight is 244 g/mol. The molecule has 0 radical (unpaired) electrons. The van der Waals surface area contributed by atoms with Crippen molar-refractivity contribution in [3.8, 4) is 0 Å². The van der Waals surface area contributed by atoms with E-state index in [9.17, 15) is 0 Å². The van der Waals surface area contributed by atoms with E-state index >= 15 is 0 Å². The summed E-state index contributed by atoms with van der Waals surface area (Å²) in [5.74, 6) is 0. The van der Waals surface area contributed by atoms with Crippen molar-refractivity contribution in [1.82, 2.24) is 0 Å². The molecule has 1 atom stereocenters. The average Bonchev–Trinajstić information content (AvgIpc) is 2.62. The third-order valence-electron chi connectivity index (χ3n) is 3.20. The predicted molar refractivity (Wildman–Crippen MR) is 80.1 cm³/mol. The Morgan fingerprint density at radius 3 is 2.53 bits per heavy atom. The van der Waals surface area contributed by atoms with Gasteiger partial charge in [0.25, 0.3) is 0 Å². The summed E-state index contributed by atoms with van der Waals surface area (Å²) in [5, 5.41) is 9.45. The molecule has 15 heavy (non-hydrogen) atoms. The fourth-order valence-electron chi connectivity index (χ4n) is 2.22. The van der Waals surface area contributed by atoms with Gasteiger partial charge < -0.3 is 0 Å². The first-order chi connectivity index (χ1) is 7.27. The van der Waals surface area contributed by atoms with Crippen molar-refractivity contribution >= 4 is 60.1 Å². The lowest BCUT2D eigenvalue weighted by Gasteiger charge is -2.02. The summed E-state index contributed by atoms with van der Waals surface area (Å²) in [6, 6.07) is 13.6. The zero-order valence-electron chi connectivity index (χ0n) is 8.96. The van der Waals surface area contributed by atoms with Crippen molar-refractivity contribution < 1.29 is 0 Å². The Morgan fingerprint density at radius 1 is 0.867 bits per heavy atom. The molecule has 1 aromatic heterocycles. The summed E-state index contributed by atoms with van der Waals surface area (Å²) in [5.41, 5.74) is 0. The van der Waals surface area contributed by atoms with Gasteiger partial charge in [0, 0.05) is 20.5 Å². The normalized spacial score (nSPS) is 12.3. The molecule has 0 saturated carbocycles. The summed E-state index contributed by atoms with van der Waals surface area (Å²) >= 11 is 0. The minimum Gasteiger partial charge on any atom is -0.123 e. The van der Waals surface area contributed by atoms with E-state index in [2.05, 4.69) is 36.4 Å². The van der Waals surface area contributed by atoms with Crippen LogP contribution in [0.1, 0.15) is 0 Å². The van der Waals surface area contributed by atoms with Gasteiger partial charge in [-0.25, -0.2) is 0 Å². The van der Waals surface area contributed by atoms with Crippen molar-refractivity contribution in [3.63, 3.8) is 0 Å². The third-order valence-corrected chi connectivity index (χ3v) is 7.96. The van der Waals surface area contributed by atoms with E-state index in [1.54, 1.807) is 20.9 Å². The van der Waals surface area contributed by atoms with Crippen LogP contribution in [0.3, 0.4) is 0 Å². The van der Waals surface area contributed by atoms with E-state index in [0.717, 1.165) is 8.19 Å². The van der Waals surface area contributed by atoms with Crippen molar-refractivity contribution in [2.24, 2.45) is 0 Å². The molecule has 0 aliphatic carbocycles. The van der Waals surface area contributed by atoms with Crippen LogP contribution in [0, 0.1) is 0 Å². The number of hydrogen-bond acceptors (Lipinski definition) is 0. The highest BCUT2D eigenvalue weighted by atomic mass is 31.0. The number of hydrogen-bond donors (Lipinski definition) is 0. The Bertz CT molecular complexity index is 655. The molecule has 0 saturated heterocycles. The van der Waals surface area contributed by atoms with Gasteiger partial charge in [0.15, 0.2) is 0 Å². The summed E-state index contributed by atoms with van der Waals surface area (Å²) < 4.78 is 0. The van der Waals surface area contributed by atoms with E-state index in [0.29, 0.717) is 0 Å². The molecule has 0 fully saturated rings. The zero-order chi connectivity index (χ0) is 10.4. The summed E-state index contributed by atoms with van der Waals surface area (Å²) in [7, 11) is 3.25.